The Hall–Kier alpha value is -6.44. The molecule has 0 fully saturated rings. The summed E-state index contributed by atoms with van der Waals surface area (Å²) >= 11 is 0. The molecular formula is C48H30O. The van der Waals surface area contributed by atoms with Crippen LogP contribution in [0.2, 0.25) is 0 Å². The van der Waals surface area contributed by atoms with Crippen LogP contribution in [0.15, 0.2) is 186 Å². The van der Waals surface area contributed by atoms with E-state index in [-0.39, 0.29) is 27.8 Å². The van der Waals surface area contributed by atoms with Gasteiger partial charge in [0.05, 0.1) is 19.2 Å². The number of rotatable bonds is 4. The van der Waals surface area contributed by atoms with Crippen molar-refractivity contribution in [3.63, 3.8) is 0 Å². The highest BCUT2D eigenvalue weighted by Gasteiger charge is 2.22. The molecule has 0 aliphatic heterocycles. The summed E-state index contributed by atoms with van der Waals surface area (Å²) in [6.07, 6.45) is 0. The van der Waals surface area contributed by atoms with Gasteiger partial charge in [-0.3, -0.25) is 0 Å². The zero-order chi connectivity index (χ0) is 44.5. The molecule has 1 aromatic heterocycles. The lowest BCUT2D eigenvalue weighted by Gasteiger charge is -2.21. The molecule has 1 nitrogen and oxygen atoms in total. The molecule has 10 rings (SSSR count). The zero-order valence-electron chi connectivity index (χ0n) is 39.6. The van der Waals surface area contributed by atoms with Crippen molar-refractivity contribution in [2.75, 3.05) is 0 Å². The van der Waals surface area contributed by atoms with E-state index >= 15 is 0 Å². The minimum absolute atomic E-state index is 0.0980. The second-order valence-electron chi connectivity index (χ2n) is 11.8. The lowest BCUT2D eigenvalue weighted by molar-refractivity contribution is 0.673. The first-order chi connectivity index (χ1) is 30.1. The van der Waals surface area contributed by atoms with Crippen molar-refractivity contribution in [1.82, 2.24) is 0 Å². The van der Waals surface area contributed by atoms with Crippen LogP contribution < -0.4 is 0 Å². The van der Waals surface area contributed by atoms with Crippen LogP contribution in [0.3, 0.4) is 0 Å². The van der Waals surface area contributed by atoms with Gasteiger partial charge in [-0.1, -0.05) is 163 Å². The van der Waals surface area contributed by atoms with Crippen molar-refractivity contribution in [2.24, 2.45) is 0 Å². The van der Waals surface area contributed by atoms with Crippen LogP contribution in [-0.4, -0.2) is 0 Å². The Bertz CT molecular complexity index is 3630. The molecule has 0 spiro atoms. The first kappa shape index (κ1) is 17.1. The van der Waals surface area contributed by atoms with Gasteiger partial charge in [-0.15, -0.1) is 0 Å². The number of hydrogen-bond acceptors (Lipinski definition) is 1. The normalized spacial score (nSPS) is 15.7. The predicted octanol–water partition coefficient (Wildman–Crippen LogP) is 13.7. The molecule has 0 unspecified atom stereocenters. The van der Waals surface area contributed by atoms with Gasteiger partial charge in [-0.25, -0.2) is 0 Å². The minimum Gasteiger partial charge on any atom is -0.455 e. The van der Waals surface area contributed by atoms with Gasteiger partial charge in [0.2, 0.25) is 0 Å². The van der Waals surface area contributed by atoms with Gasteiger partial charge in [0.25, 0.3) is 0 Å². The summed E-state index contributed by atoms with van der Waals surface area (Å²) in [7, 11) is 0. The van der Waals surface area contributed by atoms with Crippen LogP contribution in [-0.2, 0) is 0 Å². The summed E-state index contributed by atoms with van der Waals surface area (Å²) in [4.78, 5) is 0. The van der Waals surface area contributed by atoms with E-state index in [9.17, 15) is 2.74 Å². The summed E-state index contributed by atoms with van der Waals surface area (Å²) in [5.74, 6) is 0. The van der Waals surface area contributed by atoms with Crippen LogP contribution in [0.4, 0.5) is 0 Å². The summed E-state index contributed by atoms with van der Waals surface area (Å²) in [6.45, 7) is 0. The molecule has 10 aromatic rings. The van der Waals surface area contributed by atoms with Gasteiger partial charge in [0.1, 0.15) is 11.2 Å². The number of hydrogen-bond donors (Lipinski definition) is 0. The molecule has 0 aliphatic carbocycles. The van der Waals surface area contributed by atoms with E-state index in [0.29, 0.717) is 38.3 Å². The van der Waals surface area contributed by atoms with Crippen molar-refractivity contribution < 1.29 is 23.6 Å². The smallest absolute Gasteiger partial charge is 0.143 e. The Balaban J connectivity index is 1.44. The third-order valence-electron chi connectivity index (χ3n) is 9.16. The van der Waals surface area contributed by atoms with Gasteiger partial charge in [-0.05, 0) is 89.6 Å². The van der Waals surface area contributed by atoms with Gasteiger partial charge in [0.15, 0.2) is 0 Å². The molecule has 0 bridgehead atoms. The molecule has 0 atom stereocenters. The molecule has 1 heteroatoms. The fourth-order valence-corrected chi connectivity index (χ4v) is 7.11. The molecular weight excluding hydrogens is 593 g/mol. The number of fused-ring (bicyclic) bond motifs is 7. The van der Waals surface area contributed by atoms with Crippen molar-refractivity contribution in [3.8, 4) is 44.5 Å². The van der Waals surface area contributed by atoms with Gasteiger partial charge in [-0.2, -0.15) is 0 Å². The summed E-state index contributed by atoms with van der Waals surface area (Å²) in [5.41, 5.74) is 2.18. The van der Waals surface area contributed by atoms with Crippen LogP contribution in [0.5, 0.6) is 0 Å². The van der Waals surface area contributed by atoms with E-state index < -0.39 is 90.2 Å². The first-order valence-corrected chi connectivity index (χ1v) is 15.7. The summed E-state index contributed by atoms with van der Waals surface area (Å²) < 4.78 is 130. The molecule has 1 heterocycles. The maximum Gasteiger partial charge on any atom is 0.143 e. The van der Waals surface area contributed by atoms with Crippen LogP contribution in [0, 0.1) is 0 Å². The quantitative estimate of drug-likeness (QED) is 0.175. The zero-order valence-corrected chi connectivity index (χ0v) is 25.6. The molecule has 9 aromatic carbocycles. The fourth-order valence-electron chi connectivity index (χ4n) is 7.11. The minimum atomic E-state index is -0.689. The second-order valence-corrected chi connectivity index (χ2v) is 11.8. The van der Waals surface area contributed by atoms with Crippen molar-refractivity contribution in [2.45, 2.75) is 0 Å². The highest BCUT2D eigenvalue weighted by Crippen LogP contribution is 2.49. The monoisotopic (exact) mass is 636 g/mol. The fraction of sp³-hybridized carbons (Fsp3) is 0. The van der Waals surface area contributed by atoms with Gasteiger partial charge in [0, 0.05) is 16.2 Å². The second kappa shape index (κ2) is 11.1. The molecule has 49 heavy (non-hydrogen) atoms. The van der Waals surface area contributed by atoms with E-state index in [4.69, 9.17) is 20.9 Å². The Morgan fingerprint density at radius 3 is 1.78 bits per heavy atom. The molecule has 228 valence electrons. The van der Waals surface area contributed by atoms with E-state index in [2.05, 4.69) is 0 Å². The van der Waals surface area contributed by atoms with Crippen LogP contribution >= 0.6 is 0 Å². The van der Waals surface area contributed by atoms with E-state index in [0.717, 1.165) is 27.1 Å². The third kappa shape index (κ3) is 4.33. The van der Waals surface area contributed by atoms with Crippen molar-refractivity contribution >= 4 is 54.3 Å². The number of furan rings is 1. The molecule has 0 radical (unpaired) electrons. The highest BCUT2D eigenvalue weighted by molar-refractivity contribution is 6.27. The van der Waals surface area contributed by atoms with Crippen LogP contribution in [0.25, 0.3) is 98.8 Å². The third-order valence-corrected chi connectivity index (χ3v) is 9.16. The van der Waals surface area contributed by atoms with Gasteiger partial charge < -0.3 is 4.42 Å². The Morgan fingerprint density at radius 2 is 1.00 bits per heavy atom. The highest BCUT2D eigenvalue weighted by atomic mass is 16.3. The summed E-state index contributed by atoms with van der Waals surface area (Å²) in [5, 5.41) is 5.54. The van der Waals surface area contributed by atoms with Crippen LogP contribution in [0.1, 0.15) is 19.2 Å². The van der Waals surface area contributed by atoms with E-state index in [1.807, 2.05) is 66.7 Å². The van der Waals surface area contributed by atoms with Crippen molar-refractivity contribution in [3.05, 3.63) is 182 Å². The van der Waals surface area contributed by atoms with Crippen molar-refractivity contribution in [1.29, 1.82) is 0 Å². The maximum atomic E-state index is 9.54. The Morgan fingerprint density at radius 1 is 0.388 bits per heavy atom. The predicted molar refractivity (Wildman–Crippen MR) is 208 cm³/mol. The first-order valence-electron chi connectivity index (χ1n) is 22.7. The Labute approximate surface area is 304 Å². The average molecular weight is 637 g/mol. The van der Waals surface area contributed by atoms with Gasteiger partial charge >= 0.3 is 0 Å². The topological polar surface area (TPSA) is 13.1 Å². The lowest BCUT2D eigenvalue weighted by atomic mass is 9.82. The lowest BCUT2D eigenvalue weighted by Crippen LogP contribution is -1.93. The standard InChI is InChI=1S/C48H30O/c1-3-14-31(15-4-1)34-27-28-40-43(30-34)46(37-21-10-9-19-35(37)32-16-5-2-6-17-32)39-23-12-11-22-38(39)45(40)41-24-13-25-44-47(41)42-29-26-33-18-7-8-20-36(33)48(42)49-44/h1-30H/i1D,2D,3D,4D,5D,6D,9D,10D,14D,15D,16D,17D,19D,21D. The largest absolute Gasteiger partial charge is 0.455 e. The summed E-state index contributed by atoms with van der Waals surface area (Å²) in [6, 6.07) is 21.5. The maximum absolute atomic E-state index is 9.54. The van der Waals surface area contributed by atoms with E-state index in [1.165, 1.54) is 0 Å². The molecule has 0 amide bonds. The average Bonchev–Trinajstić information content (AvgIpc) is 3.69. The molecule has 0 N–H and O–H groups in total. The SMILES string of the molecule is [2H]c1c([2H])c([2H])c(-c2ccc3c(-c4cccc5oc6c7ccccc7ccc6c45)c4ccccc4c(-c4c([2H])c([2H])c([2H])c([2H])c4-c4c([2H])c([2H])c([2H])c([2H])c4[2H])c3c2)c([2H])c1[2H]. The molecule has 0 saturated carbocycles. The molecule has 0 aliphatic rings. The number of benzene rings is 9. The Kier molecular flexibility index (Phi) is 3.87. The van der Waals surface area contributed by atoms with E-state index in [1.54, 1.807) is 30.3 Å². The molecule has 0 saturated heterocycles.